The average molecular weight is 1030 g/mol. The van der Waals surface area contributed by atoms with E-state index in [0.717, 1.165) is 61.2 Å². The second-order valence-electron chi connectivity index (χ2n) is 29.6. The normalized spacial score (nSPS) is 13.9. The van der Waals surface area contributed by atoms with Crippen molar-refractivity contribution in [3.8, 4) is 66.8 Å². The van der Waals surface area contributed by atoms with Crippen LogP contribution in [0.25, 0.3) is 66.8 Å². The summed E-state index contributed by atoms with van der Waals surface area (Å²) in [6.07, 6.45) is 0. The van der Waals surface area contributed by atoms with E-state index >= 15 is 0 Å². The zero-order chi connectivity index (χ0) is 55.8. The van der Waals surface area contributed by atoms with E-state index in [1.54, 1.807) is 0 Å². The van der Waals surface area contributed by atoms with Crippen LogP contribution in [0.4, 0.5) is 0 Å². The molecular weight excluding hydrogens is 943 g/mol. The molecule has 0 spiro atoms. The highest BCUT2D eigenvalue weighted by atomic mass is 31.2. The molecule has 7 rings (SSSR count). The van der Waals surface area contributed by atoms with Gasteiger partial charge in [-0.1, -0.05) is 251 Å². The molecule has 0 radical (unpaired) electrons. The first-order chi connectivity index (χ1) is 33.5. The Kier molecular flexibility index (Phi) is 14.7. The van der Waals surface area contributed by atoms with Crippen molar-refractivity contribution in [1.82, 2.24) is 0 Å². The van der Waals surface area contributed by atoms with E-state index in [2.05, 4.69) is 251 Å². The van der Waals surface area contributed by atoms with Crippen LogP contribution >= 0.6 is 16.8 Å². The number of rotatable bonds is 6. The standard InChI is InChI=1S/C68H90O4P2/c1-61(2,3)45-33-25-29-40(55(45)65(13,14)15)39-37-38-41-50(49(39)42-30-26-34-46(62(4,5)6)56(42)66(16,17)18)54-51(43-31-27-35-47(63(7,8)9)57(43)67(19,20)21)53(60(74(71)72)59(52(41)54)73(69)70)44-32-28-36-48(64(10,11)12)58(44)68(22,23)24/h25-38,69-72H,1-24H3. The quantitative estimate of drug-likeness (QED) is 0.125. The summed E-state index contributed by atoms with van der Waals surface area (Å²) in [5.41, 5.74) is 19.1. The fraction of sp³-hybridized carbons (Fsp3) is 0.471. The molecule has 0 bridgehead atoms. The first-order valence-corrected chi connectivity index (χ1v) is 29.4. The van der Waals surface area contributed by atoms with Gasteiger partial charge in [0, 0.05) is 16.7 Å². The zero-order valence-electron chi connectivity index (χ0n) is 49.8. The molecule has 6 heteroatoms. The first-order valence-electron chi connectivity index (χ1n) is 26.9. The topological polar surface area (TPSA) is 80.9 Å². The van der Waals surface area contributed by atoms with E-state index in [-0.39, 0.29) is 48.5 Å². The van der Waals surface area contributed by atoms with Gasteiger partial charge in [-0.15, -0.1) is 0 Å². The van der Waals surface area contributed by atoms with Gasteiger partial charge < -0.3 is 19.6 Å². The third kappa shape index (κ3) is 10.2. The number of benzene rings is 6. The molecule has 1 aliphatic carbocycles. The summed E-state index contributed by atoms with van der Waals surface area (Å²) in [5.74, 6) is 0. The monoisotopic (exact) mass is 1030 g/mol. The molecule has 0 fully saturated rings. The van der Waals surface area contributed by atoms with Crippen molar-refractivity contribution in [3.05, 3.63) is 129 Å². The maximum absolute atomic E-state index is 12.3. The number of hydrogen-bond donors (Lipinski definition) is 4. The Balaban J connectivity index is 1.93. The van der Waals surface area contributed by atoms with Crippen LogP contribution in [0.5, 0.6) is 0 Å². The highest BCUT2D eigenvalue weighted by molar-refractivity contribution is 7.61. The molecule has 0 heterocycles. The number of fused-ring (bicyclic) bond motifs is 4. The van der Waals surface area contributed by atoms with Crippen molar-refractivity contribution in [2.45, 2.75) is 209 Å². The Bertz CT molecular complexity index is 3160. The molecule has 0 saturated heterocycles. The average Bonchev–Trinajstić information content (AvgIpc) is 3.23. The predicted molar refractivity (Wildman–Crippen MR) is 324 cm³/mol. The molecule has 0 atom stereocenters. The lowest BCUT2D eigenvalue weighted by atomic mass is 9.64. The fourth-order valence-electron chi connectivity index (χ4n) is 12.5. The zero-order valence-corrected chi connectivity index (χ0v) is 51.6. The van der Waals surface area contributed by atoms with Gasteiger partial charge in [0.25, 0.3) is 0 Å². The molecule has 0 saturated carbocycles. The van der Waals surface area contributed by atoms with Crippen LogP contribution in [0.1, 0.15) is 211 Å². The molecule has 0 aromatic heterocycles. The lowest BCUT2D eigenvalue weighted by Crippen LogP contribution is -2.33. The minimum absolute atomic E-state index is 0.151. The van der Waals surface area contributed by atoms with Crippen molar-refractivity contribution in [3.63, 3.8) is 0 Å². The van der Waals surface area contributed by atoms with Crippen LogP contribution < -0.4 is 10.6 Å². The summed E-state index contributed by atoms with van der Waals surface area (Å²) in [7, 11) is -5.78. The molecule has 6 aromatic rings. The minimum atomic E-state index is -2.91. The van der Waals surface area contributed by atoms with Crippen LogP contribution in [0.3, 0.4) is 0 Å². The Morgan fingerprint density at radius 1 is 0.230 bits per heavy atom. The second-order valence-corrected chi connectivity index (χ2v) is 31.7. The molecule has 396 valence electrons. The SMILES string of the molecule is CC(C)(C)c1cccc(-c2ccc3c(c2-c2cccc(C(C)(C)C)c2C(C)(C)C)-c2c(-c4cccc(C(C)(C)C)c4C(C)(C)C)c(-c4cccc(C(C)(C)C)c4C(C)(C)C)c(P(O)O)c(P(O)O)c2-3)c1C(C)(C)C. The van der Waals surface area contributed by atoms with Crippen molar-refractivity contribution in [1.29, 1.82) is 0 Å². The first kappa shape index (κ1) is 57.7. The molecule has 74 heavy (non-hydrogen) atoms. The van der Waals surface area contributed by atoms with Crippen LogP contribution in [0.2, 0.25) is 0 Å². The van der Waals surface area contributed by atoms with Gasteiger partial charge in [-0.2, -0.15) is 0 Å². The summed E-state index contributed by atoms with van der Waals surface area (Å²) in [5, 5.41) is 0.419. The maximum atomic E-state index is 12.3. The summed E-state index contributed by atoms with van der Waals surface area (Å²) in [6, 6.07) is 31.3. The van der Waals surface area contributed by atoms with Crippen molar-refractivity contribution >= 4 is 27.4 Å². The van der Waals surface area contributed by atoms with Crippen LogP contribution in [-0.4, -0.2) is 19.6 Å². The van der Waals surface area contributed by atoms with E-state index in [9.17, 15) is 19.6 Å². The van der Waals surface area contributed by atoms with E-state index < -0.39 is 22.2 Å². The lowest BCUT2D eigenvalue weighted by Gasteiger charge is -2.41. The molecule has 6 aromatic carbocycles. The Morgan fingerprint density at radius 2 is 0.486 bits per heavy atom. The van der Waals surface area contributed by atoms with Crippen molar-refractivity contribution < 1.29 is 19.6 Å². The van der Waals surface area contributed by atoms with Gasteiger partial charge in [-0.25, -0.2) is 0 Å². The Hall–Kier alpha value is -3.98. The third-order valence-electron chi connectivity index (χ3n) is 15.2. The van der Waals surface area contributed by atoms with Gasteiger partial charge in [0.15, 0.2) is 0 Å². The van der Waals surface area contributed by atoms with Gasteiger partial charge in [0.2, 0.25) is 16.8 Å². The van der Waals surface area contributed by atoms with Crippen molar-refractivity contribution in [2.75, 3.05) is 0 Å². The highest BCUT2D eigenvalue weighted by Crippen LogP contribution is 2.64. The highest BCUT2D eigenvalue weighted by Gasteiger charge is 2.45. The molecule has 0 unspecified atom stereocenters. The summed E-state index contributed by atoms with van der Waals surface area (Å²) < 4.78 is 0. The summed E-state index contributed by atoms with van der Waals surface area (Å²) in [4.78, 5) is 48.8. The van der Waals surface area contributed by atoms with E-state index in [1.807, 2.05) is 0 Å². The van der Waals surface area contributed by atoms with E-state index in [1.165, 1.54) is 38.9 Å². The molecule has 4 nitrogen and oxygen atoms in total. The summed E-state index contributed by atoms with van der Waals surface area (Å²) >= 11 is 0. The van der Waals surface area contributed by atoms with Gasteiger partial charge in [0.05, 0.1) is 10.6 Å². The van der Waals surface area contributed by atoms with E-state index in [4.69, 9.17) is 0 Å². The van der Waals surface area contributed by atoms with Crippen LogP contribution in [-0.2, 0) is 43.3 Å². The van der Waals surface area contributed by atoms with Gasteiger partial charge in [0.1, 0.15) is 0 Å². The smallest absolute Gasteiger partial charge is 0.201 e. The molecule has 0 aliphatic heterocycles. The molecule has 0 amide bonds. The van der Waals surface area contributed by atoms with Crippen LogP contribution in [0, 0.1) is 0 Å². The van der Waals surface area contributed by atoms with Crippen molar-refractivity contribution in [2.24, 2.45) is 0 Å². The Morgan fingerprint density at radius 3 is 0.784 bits per heavy atom. The minimum Gasteiger partial charge on any atom is -0.347 e. The lowest BCUT2D eigenvalue weighted by molar-refractivity contribution is 0.492. The van der Waals surface area contributed by atoms with Crippen LogP contribution in [0.15, 0.2) is 84.9 Å². The van der Waals surface area contributed by atoms with E-state index in [0.29, 0.717) is 11.1 Å². The second kappa shape index (κ2) is 18.9. The van der Waals surface area contributed by atoms with Gasteiger partial charge in [-0.05, 0) is 138 Å². The summed E-state index contributed by atoms with van der Waals surface area (Å²) in [6.45, 7) is 55.0. The maximum Gasteiger partial charge on any atom is 0.201 e. The molecule has 1 aliphatic rings. The third-order valence-corrected chi connectivity index (χ3v) is 17.0. The Labute approximate surface area is 450 Å². The van der Waals surface area contributed by atoms with Gasteiger partial charge in [-0.3, -0.25) is 0 Å². The van der Waals surface area contributed by atoms with Gasteiger partial charge >= 0.3 is 0 Å². The fourth-order valence-corrected chi connectivity index (χ4v) is 14.5. The largest absolute Gasteiger partial charge is 0.347 e. The molecular formula is C68H90O4P2. The number of hydrogen-bond acceptors (Lipinski definition) is 4. The molecule has 4 N–H and O–H groups in total. The predicted octanol–water partition coefficient (Wildman–Crippen LogP) is 18.2.